The summed E-state index contributed by atoms with van der Waals surface area (Å²) in [4.78, 5) is 12.8. The summed E-state index contributed by atoms with van der Waals surface area (Å²) in [5, 5.41) is 3.15. The Labute approximate surface area is 154 Å². The summed E-state index contributed by atoms with van der Waals surface area (Å²) in [5.41, 5.74) is 1.63. The van der Waals surface area contributed by atoms with Crippen molar-refractivity contribution in [1.82, 2.24) is 5.32 Å². The van der Waals surface area contributed by atoms with Gasteiger partial charge in [0, 0.05) is 5.56 Å². The van der Waals surface area contributed by atoms with Crippen LogP contribution in [0.25, 0.3) is 0 Å². The molecule has 0 radical (unpaired) electrons. The number of benzene rings is 2. The van der Waals surface area contributed by atoms with Gasteiger partial charge in [0.2, 0.25) is 0 Å². The Morgan fingerprint density at radius 3 is 2.42 bits per heavy atom. The van der Waals surface area contributed by atoms with Crippen LogP contribution < -0.4 is 19.5 Å². The fourth-order valence-electron chi connectivity index (χ4n) is 3.01. The van der Waals surface area contributed by atoms with Gasteiger partial charge >= 0.3 is 0 Å². The highest BCUT2D eigenvalue weighted by molar-refractivity contribution is 5.95. The number of carbonyl (C=O) groups is 1. The molecule has 2 aromatic carbocycles. The maximum Gasteiger partial charge on any atom is 0.251 e. The number of rotatable bonds is 6. The molecule has 0 bridgehead atoms. The molecular weight excluding hydrogens is 330 g/mol. The van der Waals surface area contributed by atoms with Crippen LogP contribution in [0.15, 0.2) is 42.5 Å². The lowest BCUT2D eigenvalue weighted by atomic mass is 9.96. The fourth-order valence-corrected chi connectivity index (χ4v) is 3.01. The minimum Gasteiger partial charge on any atom is -0.497 e. The molecule has 1 N–H and O–H groups in total. The summed E-state index contributed by atoms with van der Waals surface area (Å²) in [5.74, 6) is 2.43. The third-order valence-corrected chi connectivity index (χ3v) is 4.33. The van der Waals surface area contributed by atoms with Gasteiger partial charge in [0.1, 0.15) is 19.0 Å². The van der Waals surface area contributed by atoms with Crippen LogP contribution in [0.5, 0.6) is 17.2 Å². The molecular formula is C21H25NO4. The molecule has 0 spiro atoms. The van der Waals surface area contributed by atoms with E-state index in [1.165, 1.54) is 0 Å². The van der Waals surface area contributed by atoms with Gasteiger partial charge in [-0.3, -0.25) is 4.79 Å². The lowest BCUT2D eigenvalue weighted by molar-refractivity contribution is 0.0930. The molecule has 1 heterocycles. The maximum absolute atomic E-state index is 12.8. The zero-order valence-corrected chi connectivity index (χ0v) is 15.5. The van der Waals surface area contributed by atoms with E-state index in [9.17, 15) is 4.79 Å². The average Bonchev–Trinajstić information content (AvgIpc) is 2.66. The molecule has 5 heteroatoms. The first-order valence-corrected chi connectivity index (χ1v) is 8.91. The van der Waals surface area contributed by atoms with E-state index in [1.807, 2.05) is 24.3 Å². The van der Waals surface area contributed by atoms with Crippen molar-refractivity contribution in [2.24, 2.45) is 5.92 Å². The van der Waals surface area contributed by atoms with Crippen LogP contribution in [0.4, 0.5) is 0 Å². The van der Waals surface area contributed by atoms with E-state index in [0.29, 0.717) is 36.2 Å². The zero-order chi connectivity index (χ0) is 18.5. The largest absolute Gasteiger partial charge is 0.497 e. The minimum atomic E-state index is -0.122. The molecule has 0 aliphatic carbocycles. The molecule has 2 aromatic rings. The summed E-state index contributed by atoms with van der Waals surface area (Å²) in [7, 11) is 1.64. The van der Waals surface area contributed by atoms with Gasteiger partial charge in [-0.05, 0) is 48.2 Å². The number of hydrogen-bond donors (Lipinski definition) is 1. The second kappa shape index (κ2) is 8.13. The standard InChI is InChI=1S/C21H25NO4/c1-14(2)12-18(15-4-7-17(24-3)8-5-15)22-21(23)16-6-9-19-20(13-16)26-11-10-25-19/h4-9,13-14,18H,10-12H2,1-3H3,(H,22,23). The van der Waals surface area contributed by atoms with Gasteiger partial charge in [-0.1, -0.05) is 26.0 Å². The summed E-state index contributed by atoms with van der Waals surface area (Å²) in [6.45, 7) is 5.33. The lowest BCUT2D eigenvalue weighted by Gasteiger charge is -2.22. The first-order chi connectivity index (χ1) is 12.6. The number of hydrogen-bond acceptors (Lipinski definition) is 4. The number of nitrogens with one attached hydrogen (secondary N) is 1. The molecule has 0 fully saturated rings. The first kappa shape index (κ1) is 18.1. The van der Waals surface area contributed by atoms with E-state index in [2.05, 4.69) is 19.2 Å². The molecule has 1 unspecified atom stereocenters. The summed E-state index contributed by atoms with van der Waals surface area (Å²) in [6, 6.07) is 13.0. The molecule has 0 saturated heterocycles. The van der Waals surface area contributed by atoms with E-state index in [1.54, 1.807) is 25.3 Å². The molecule has 138 valence electrons. The van der Waals surface area contributed by atoms with Gasteiger partial charge < -0.3 is 19.5 Å². The summed E-state index contributed by atoms with van der Waals surface area (Å²) in [6.07, 6.45) is 0.850. The second-order valence-corrected chi connectivity index (χ2v) is 6.79. The Morgan fingerprint density at radius 1 is 1.08 bits per heavy atom. The van der Waals surface area contributed by atoms with E-state index >= 15 is 0 Å². The molecule has 1 amide bonds. The van der Waals surface area contributed by atoms with Crippen molar-refractivity contribution in [3.63, 3.8) is 0 Å². The Bertz CT molecular complexity index is 755. The van der Waals surface area contributed by atoms with E-state index < -0.39 is 0 Å². The van der Waals surface area contributed by atoms with E-state index in [-0.39, 0.29) is 11.9 Å². The Kier molecular flexibility index (Phi) is 5.66. The number of amides is 1. The highest BCUT2D eigenvalue weighted by atomic mass is 16.6. The number of fused-ring (bicyclic) bond motifs is 1. The predicted octanol–water partition coefficient (Wildman–Crippen LogP) is 3.98. The summed E-state index contributed by atoms with van der Waals surface area (Å²) >= 11 is 0. The monoisotopic (exact) mass is 355 g/mol. The normalized spacial score (nSPS) is 14.0. The second-order valence-electron chi connectivity index (χ2n) is 6.79. The molecule has 0 aromatic heterocycles. The van der Waals surface area contributed by atoms with Crippen LogP contribution in [0.2, 0.25) is 0 Å². The quantitative estimate of drug-likeness (QED) is 0.851. The molecule has 1 atom stereocenters. The molecule has 1 aliphatic heterocycles. The van der Waals surface area contributed by atoms with Gasteiger partial charge in [0.05, 0.1) is 13.2 Å². The van der Waals surface area contributed by atoms with Crippen molar-refractivity contribution in [2.75, 3.05) is 20.3 Å². The van der Waals surface area contributed by atoms with Gasteiger partial charge in [0.15, 0.2) is 11.5 Å². The molecule has 0 saturated carbocycles. The highest BCUT2D eigenvalue weighted by Crippen LogP contribution is 2.31. The first-order valence-electron chi connectivity index (χ1n) is 8.91. The zero-order valence-electron chi connectivity index (χ0n) is 15.5. The van der Waals surface area contributed by atoms with Crippen LogP contribution in [-0.4, -0.2) is 26.2 Å². The van der Waals surface area contributed by atoms with Crippen molar-refractivity contribution in [1.29, 1.82) is 0 Å². The Balaban J connectivity index is 1.78. The van der Waals surface area contributed by atoms with Crippen LogP contribution >= 0.6 is 0 Å². The van der Waals surface area contributed by atoms with Crippen molar-refractivity contribution >= 4 is 5.91 Å². The Hall–Kier alpha value is -2.69. The van der Waals surface area contributed by atoms with Crippen LogP contribution in [-0.2, 0) is 0 Å². The fraction of sp³-hybridized carbons (Fsp3) is 0.381. The smallest absolute Gasteiger partial charge is 0.251 e. The maximum atomic E-state index is 12.8. The van der Waals surface area contributed by atoms with Gasteiger partial charge in [-0.25, -0.2) is 0 Å². The molecule has 3 rings (SSSR count). The topological polar surface area (TPSA) is 56.8 Å². The van der Waals surface area contributed by atoms with Crippen LogP contribution in [0, 0.1) is 5.92 Å². The predicted molar refractivity (Wildman–Crippen MR) is 100 cm³/mol. The van der Waals surface area contributed by atoms with Crippen molar-refractivity contribution in [3.8, 4) is 17.2 Å². The van der Waals surface area contributed by atoms with Crippen molar-refractivity contribution in [3.05, 3.63) is 53.6 Å². The summed E-state index contributed by atoms with van der Waals surface area (Å²) < 4.78 is 16.3. The SMILES string of the molecule is COc1ccc(C(CC(C)C)NC(=O)c2ccc3c(c2)OCCO3)cc1. The molecule has 5 nitrogen and oxygen atoms in total. The molecule has 1 aliphatic rings. The van der Waals surface area contributed by atoms with Crippen molar-refractivity contribution < 1.29 is 19.0 Å². The number of carbonyl (C=O) groups excluding carboxylic acids is 1. The highest BCUT2D eigenvalue weighted by Gasteiger charge is 2.19. The van der Waals surface area contributed by atoms with Crippen LogP contribution in [0.1, 0.15) is 42.2 Å². The lowest BCUT2D eigenvalue weighted by Crippen LogP contribution is -2.29. The Morgan fingerprint density at radius 2 is 1.77 bits per heavy atom. The molecule has 26 heavy (non-hydrogen) atoms. The number of ether oxygens (including phenoxy) is 3. The third-order valence-electron chi connectivity index (χ3n) is 4.33. The van der Waals surface area contributed by atoms with Gasteiger partial charge in [-0.2, -0.15) is 0 Å². The van der Waals surface area contributed by atoms with Crippen LogP contribution in [0.3, 0.4) is 0 Å². The third kappa shape index (κ3) is 4.28. The minimum absolute atomic E-state index is 0.0680. The number of methoxy groups -OCH3 is 1. The van der Waals surface area contributed by atoms with Gasteiger partial charge in [0.25, 0.3) is 5.91 Å². The van der Waals surface area contributed by atoms with Crippen molar-refractivity contribution in [2.45, 2.75) is 26.3 Å². The van der Waals surface area contributed by atoms with E-state index in [0.717, 1.165) is 17.7 Å². The average molecular weight is 355 g/mol. The van der Waals surface area contributed by atoms with E-state index in [4.69, 9.17) is 14.2 Å². The van der Waals surface area contributed by atoms with Gasteiger partial charge in [-0.15, -0.1) is 0 Å².